The number of carbonyl (C=O) groups excluding carboxylic acids is 1. The van der Waals surface area contributed by atoms with Gasteiger partial charge in [0.25, 0.3) is 0 Å². The Morgan fingerprint density at radius 3 is 2.96 bits per heavy atom. The van der Waals surface area contributed by atoms with Crippen LogP contribution in [0, 0.1) is 0 Å². The van der Waals surface area contributed by atoms with Crippen LogP contribution in [0.1, 0.15) is 12.8 Å². The molecule has 6 nitrogen and oxygen atoms in total. The van der Waals surface area contributed by atoms with E-state index >= 15 is 0 Å². The summed E-state index contributed by atoms with van der Waals surface area (Å²) in [4.78, 5) is 18.8. The standard InChI is InChI=1S/C20H23N3O3S/c24-20(14-27-19-5-1-2-8-21-19)23-9-3-4-16(13-23)22-15-6-7-17-18(12-15)26-11-10-25-17/h1-2,5-8,12,16,22H,3-4,9-11,13-14H2. The number of piperidine rings is 1. The molecule has 1 amide bonds. The van der Waals surface area contributed by atoms with Gasteiger partial charge < -0.3 is 19.7 Å². The van der Waals surface area contributed by atoms with Crippen LogP contribution in [0.15, 0.2) is 47.6 Å². The molecule has 1 N–H and O–H groups in total. The number of benzene rings is 1. The zero-order valence-corrected chi connectivity index (χ0v) is 15.9. The predicted octanol–water partition coefficient (Wildman–Crippen LogP) is 3.05. The number of fused-ring (bicyclic) bond motifs is 1. The van der Waals surface area contributed by atoms with Crippen molar-refractivity contribution in [3.8, 4) is 11.5 Å². The quantitative estimate of drug-likeness (QED) is 0.798. The normalized spacial score (nSPS) is 18.8. The average Bonchev–Trinajstić information content (AvgIpc) is 2.73. The third-order valence-electron chi connectivity index (χ3n) is 4.67. The molecule has 0 aliphatic carbocycles. The molecule has 1 unspecified atom stereocenters. The highest BCUT2D eigenvalue weighted by molar-refractivity contribution is 7.99. The van der Waals surface area contributed by atoms with Gasteiger partial charge in [0, 0.05) is 37.1 Å². The average molecular weight is 385 g/mol. The van der Waals surface area contributed by atoms with Crippen LogP contribution >= 0.6 is 11.8 Å². The first-order chi connectivity index (χ1) is 13.3. The molecule has 2 aliphatic heterocycles. The van der Waals surface area contributed by atoms with Crippen molar-refractivity contribution >= 4 is 23.4 Å². The number of anilines is 1. The van der Waals surface area contributed by atoms with Crippen LogP contribution in [0.4, 0.5) is 5.69 Å². The number of pyridine rings is 1. The van der Waals surface area contributed by atoms with Gasteiger partial charge in [-0.1, -0.05) is 17.8 Å². The van der Waals surface area contributed by atoms with Crippen molar-refractivity contribution < 1.29 is 14.3 Å². The Morgan fingerprint density at radius 1 is 1.22 bits per heavy atom. The van der Waals surface area contributed by atoms with Crippen molar-refractivity contribution in [3.05, 3.63) is 42.6 Å². The van der Waals surface area contributed by atoms with Crippen LogP contribution in [0.5, 0.6) is 11.5 Å². The molecule has 4 rings (SSSR count). The fourth-order valence-corrected chi connectivity index (χ4v) is 4.11. The number of hydrogen-bond donors (Lipinski definition) is 1. The first-order valence-electron chi connectivity index (χ1n) is 9.26. The maximum atomic E-state index is 12.6. The second-order valence-electron chi connectivity index (χ2n) is 6.64. The molecule has 0 spiro atoms. The van der Waals surface area contributed by atoms with E-state index in [9.17, 15) is 4.79 Å². The van der Waals surface area contributed by atoms with E-state index in [1.54, 1.807) is 6.20 Å². The highest BCUT2D eigenvalue weighted by Gasteiger charge is 2.24. The van der Waals surface area contributed by atoms with Crippen LogP contribution < -0.4 is 14.8 Å². The van der Waals surface area contributed by atoms with E-state index in [1.165, 1.54) is 11.8 Å². The fourth-order valence-electron chi connectivity index (χ4n) is 3.35. The number of aromatic nitrogens is 1. The molecule has 0 bridgehead atoms. The van der Waals surface area contributed by atoms with Crippen LogP contribution in [0.2, 0.25) is 0 Å². The number of rotatable bonds is 5. The Kier molecular flexibility index (Phi) is 5.67. The van der Waals surface area contributed by atoms with Gasteiger partial charge in [-0.25, -0.2) is 4.98 Å². The van der Waals surface area contributed by atoms with Gasteiger partial charge in [-0.3, -0.25) is 4.79 Å². The summed E-state index contributed by atoms with van der Waals surface area (Å²) in [6, 6.07) is 11.9. The number of ether oxygens (including phenoxy) is 2. The molecule has 1 aromatic heterocycles. The molecule has 27 heavy (non-hydrogen) atoms. The van der Waals surface area contributed by atoms with Gasteiger partial charge >= 0.3 is 0 Å². The largest absolute Gasteiger partial charge is 0.486 e. The van der Waals surface area contributed by atoms with Gasteiger partial charge in [0.1, 0.15) is 13.2 Å². The SMILES string of the molecule is O=C(CSc1ccccn1)N1CCCC(Nc2ccc3c(c2)OCCO3)C1. The third-order valence-corrected chi connectivity index (χ3v) is 5.60. The second-order valence-corrected chi connectivity index (χ2v) is 7.63. The van der Waals surface area contributed by atoms with Crippen molar-refractivity contribution in [3.63, 3.8) is 0 Å². The Labute approximate surface area is 163 Å². The Balaban J connectivity index is 1.32. The molecule has 2 aromatic rings. The smallest absolute Gasteiger partial charge is 0.233 e. The summed E-state index contributed by atoms with van der Waals surface area (Å²) >= 11 is 1.49. The number of nitrogens with one attached hydrogen (secondary N) is 1. The monoisotopic (exact) mass is 385 g/mol. The summed E-state index contributed by atoms with van der Waals surface area (Å²) in [6.07, 6.45) is 3.80. The molecule has 142 valence electrons. The number of amides is 1. The summed E-state index contributed by atoms with van der Waals surface area (Å²) < 4.78 is 11.2. The van der Waals surface area contributed by atoms with Crippen molar-refractivity contribution in [1.29, 1.82) is 0 Å². The molecule has 1 aromatic carbocycles. The minimum atomic E-state index is 0.166. The summed E-state index contributed by atoms with van der Waals surface area (Å²) in [5.74, 6) is 2.16. The third kappa shape index (κ3) is 4.66. The van der Waals surface area contributed by atoms with Crippen LogP contribution in [0.3, 0.4) is 0 Å². The number of likely N-dealkylation sites (tertiary alicyclic amines) is 1. The van der Waals surface area contributed by atoms with Crippen molar-refractivity contribution in [2.24, 2.45) is 0 Å². The number of carbonyl (C=O) groups is 1. The first kappa shape index (κ1) is 18.0. The van der Waals surface area contributed by atoms with Crippen molar-refractivity contribution in [1.82, 2.24) is 9.88 Å². The molecule has 2 aliphatic rings. The lowest BCUT2D eigenvalue weighted by atomic mass is 10.1. The van der Waals surface area contributed by atoms with E-state index in [-0.39, 0.29) is 11.9 Å². The number of thioether (sulfide) groups is 1. The first-order valence-corrected chi connectivity index (χ1v) is 10.2. The summed E-state index contributed by atoms with van der Waals surface area (Å²) in [5, 5.41) is 4.42. The molecule has 1 atom stereocenters. The van der Waals surface area contributed by atoms with Crippen LogP contribution in [-0.2, 0) is 4.79 Å². The van der Waals surface area contributed by atoms with Crippen molar-refractivity contribution in [2.75, 3.05) is 37.4 Å². The maximum absolute atomic E-state index is 12.6. The van der Waals surface area contributed by atoms with E-state index in [1.807, 2.05) is 41.3 Å². The van der Waals surface area contributed by atoms with Gasteiger partial charge in [0.2, 0.25) is 5.91 Å². The summed E-state index contributed by atoms with van der Waals surface area (Å²) in [6.45, 7) is 2.71. The van der Waals surface area contributed by atoms with E-state index in [4.69, 9.17) is 9.47 Å². The van der Waals surface area contributed by atoms with Gasteiger partial charge in [-0.15, -0.1) is 0 Å². The molecule has 1 saturated heterocycles. The van der Waals surface area contributed by atoms with Gasteiger partial charge in [-0.05, 0) is 37.1 Å². The minimum absolute atomic E-state index is 0.166. The van der Waals surface area contributed by atoms with E-state index < -0.39 is 0 Å². The maximum Gasteiger partial charge on any atom is 0.233 e. The molecule has 1 fully saturated rings. The van der Waals surface area contributed by atoms with Gasteiger partial charge in [0.05, 0.1) is 10.8 Å². The number of hydrogen-bond acceptors (Lipinski definition) is 6. The Bertz CT molecular complexity index is 787. The highest BCUT2D eigenvalue weighted by atomic mass is 32.2. The van der Waals surface area contributed by atoms with Gasteiger partial charge in [-0.2, -0.15) is 0 Å². The van der Waals surface area contributed by atoms with E-state index in [2.05, 4.69) is 10.3 Å². The fraction of sp³-hybridized carbons (Fsp3) is 0.400. The van der Waals surface area contributed by atoms with Gasteiger partial charge in [0.15, 0.2) is 11.5 Å². The predicted molar refractivity (Wildman–Crippen MR) is 106 cm³/mol. The van der Waals surface area contributed by atoms with Crippen LogP contribution in [0.25, 0.3) is 0 Å². The molecule has 3 heterocycles. The molecule has 7 heteroatoms. The van der Waals surface area contributed by atoms with Crippen LogP contribution in [-0.4, -0.2) is 53.9 Å². The zero-order chi connectivity index (χ0) is 18.5. The lowest BCUT2D eigenvalue weighted by molar-refractivity contribution is -0.129. The highest BCUT2D eigenvalue weighted by Crippen LogP contribution is 2.33. The molecular weight excluding hydrogens is 362 g/mol. The summed E-state index contributed by atoms with van der Waals surface area (Å²) in [5.41, 5.74) is 1.00. The lowest BCUT2D eigenvalue weighted by Crippen LogP contribution is -2.45. The lowest BCUT2D eigenvalue weighted by Gasteiger charge is -2.34. The van der Waals surface area contributed by atoms with Crippen molar-refractivity contribution in [2.45, 2.75) is 23.9 Å². The minimum Gasteiger partial charge on any atom is -0.486 e. The molecular formula is C20H23N3O3S. The second kappa shape index (κ2) is 8.52. The Hall–Kier alpha value is -2.41. The Morgan fingerprint density at radius 2 is 2.11 bits per heavy atom. The molecule has 0 radical (unpaired) electrons. The topological polar surface area (TPSA) is 63.7 Å². The molecule has 0 saturated carbocycles. The summed E-state index contributed by atoms with van der Waals surface area (Å²) in [7, 11) is 0. The number of nitrogens with zero attached hydrogens (tertiary/aromatic N) is 2. The zero-order valence-electron chi connectivity index (χ0n) is 15.1. The van der Waals surface area contributed by atoms with E-state index in [0.29, 0.717) is 19.0 Å². The van der Waals surface area contributed by atoms with E-state index in [0.717, 1.165) is 48.1 Å².